The predicted molar refractivity (Wildman–Crippen MR) is 134 cm³/mol. The summed E-state index contributed by atoms with van der Waals surface area (Å²) in [6, 6.07) is 24.9. The van der Waals surface area contributed by atoms with Crippen LogP contribution in [0, 0.1) is 6.92 Å². The van der Waals surface area contributed by atoms with Crippen molar-refractivity contribution in [3.63, 3.8) is 0 Å². The number of hydrogen-bond acceptors (Lipinski definition) is 5. The Morgan fingerprint density at radius 2 is 1.61 bits per heavy atom. The number of hydrogen-bond donors (Lipinski definition) is 2. The first-order valence-electron chi connectivity index (χ1n) is 10.2. The fourth-order valence-electron chi connectivity index (χ4n) is 3.50. The molecule has 1 heterocycles. The molecule has 1 aromatic heterocycles. The average molecular weight is 474 g/mol. The summed E-state index contributed by atoms with van der Waals surface area (Å²) in [6.45, 7) is 1.89. The van der Waals surface area contributed by atoms with Crippen LogP contribution in [-0.2, 0) is 10.0 Å². The number of carbonyl (C=O) groups excluding carboxylic acids is 1. The first-order chi connectivity index (χ1) is 15.9. The minimum absolute atomic E-state index is 0.179. The van der Waals surface area contributed by atoms with Crippen molar-refractivity contribution in [1.82, 2.24) is 4.98 Å². The van der Waals surface area contributed by atoms with Gasteiger partial charge in [0.1, 0.15) is 0 Å². The lowest BCUT2D eigenvalue weighted by atomic mass is 10.1. The van der Waals surface area contributed by atoms with Gasteiger partial charge in [0, 0.05) is 16.6 Å². The zero-order valence-corrected chi connectivity index (χ0v) is 19.2. The number of aromatic nitrogens is 1. The summed E-state index contributed by atoms with van der Waals surface area (Å²) >= 11 is 1.42. The van der Waals surface area contributed by atoms with Crippen LogP contribution in [0.5, 0.6) is 0 Å². The first kappa shape index (κ1) is 21.1. The molecule has 5 rings (SSSR count). The Hall–Kier alpha value is -3.75. The lowest BCUT2D eigenvalue weighted by molar-refractivity contribution is 0.102. The molecule has 0 fully saturated rings. The maximum atomic E-state index is 12.7. The van der Waals surface area contributed by atoms with Crippen molar-refractivity contribution in [2.75, 3.05) is 10.0 Å². The highest BCUT2D eigenvalue weighted by atomic mass is 32.2. The molecule has 5 aromatic rings. The van der Waals surface area contributed by atoms with Crippen LogP contribution in [0.4, 0.5) is 10.8 Å². The standard InChI is InChI=1S/C25H19N3O3S2/c1-16-6-13-20(14-7-16)33(30,31)28-19-11-8-18(9-12-19)24(29)27-25-26-22-15-10-17-4-2-3-5-21(17)23(22)32-25/h2-15,28H,1H3,(H,26,27,29). The van der Waals surface area contributed by atoms with Crippen LogP contribution in [0.1, 0.15) is 15.9 Å². The summed E-state index contributed by atoms with van der Waals surface area (Å²) in [6.07, 6.45) is 0. The van der Waals surface area contributed by atoms with E-state index in [2.05, 4.69) is 15.0 Å². The third kappa shape index (κ3) is 4.30. The van der Waals surface area contributed by atoms with Gasteiger partial charge in [-0.2, -0.15) is 0 Å². The fraction of sp³-hybridized carbons (Fsp3) is 0.0400. The molecule has 1 amide bonds. The number of rotatable bonds is 5. The molecule has 0 aliphatic rings. The van der Waals surface area contributed by atoms with Crippen molar-refractivity contribution in [2.45, 2.75) is 11.8 Å². The molecule has 0 saturated carbocycles. The number of nitrogens with zero attached hydrogens (tertiary/aromatic N) is 1. The molecular formula is C25H19N3O3S2. The van der Waals surface area contributed by atoms with Crippen molar-refractivity contribution < 1.29 is 13.2 Å². The van der Waals surface area contributed by atoms with Gasteiger partial charge in [-0.25, -0.2) is 13.4 Å². The van der Waals surface area contributed by atoms with Crippen molar-refractivity contribution >= 4 is 59.1 Å². The Kier molecular flexibility index (Phi) is 5.32. The van der Waals surface area contributed by atoms with Crippen LogP contribution in [0.2, 0.25) is 0 Å². The zero-order chi connectivity index (χ0) is 23.0. The molecule has 0 saturated heterocycles. The topological polar surface area (TPSA) is 88.2 Å². The van der Waals surface area contributed by atoms with Crippen molar-refractivity contribution in [3.8, 4) is 0 Å². The highest BCUT2D eigenvalue weighted by Crippen LogP contribution is 2.32. The Balaban J connectivity index is 1.32. The van der Waals surface area contributed by atoms with E-state index in [1.807, 2.05) is 43.3 Å². The van der Waals surface area contributed by atoms with Gasteiger partial charge in [-0.05, 0) is 54.8 Å². The molecule has 2 N–H and O–H groups in total. The zero-order valence-electron chi connectivity index (χ0n) is 17.6. The second kappa shape index (κ2) is 8.31. The second-order valence-electron chi connectivity index (χ2n) is 7.60. The molecule has 0 aliphatic carbocycles. The maximum absolute atomic E-state index is 12.7. The van der Waals surface area contributed by atoms with E-state index in [1.54, 1.807) is 48.5 Å². The van der Waals surface area contributed by atoms with Gasteiger partial charge < -0.3 is 0 Å². The number of fused-ring (bicyclic) bond motifs is 3. The van der Waals surface area contributed by atoms with E-state index >= 15 is 0 Å². The van der Waals surface area contributed by atoms with Crippen molar-refractivity contribution in [1.29, 1.82) is 0 Å². The fourth-order valence-corrected chi connectivity index (χ4v) is 5.55. The Morgan fingerprint density at radius 3 is 2.36 bits per heavy atom. The minimum atomic E-state index is -3.70. The summed E-state index contributed by atoms with van der Waals surface area (Å²) < 4.78 is 28.7. The number of aryl methyl sites for hydroxylation is 1. The molecule has 0 radical (unpaired) electrons. The van der Waals surface area contributed by atoms with E-state index in [0.717, 1.165) is 26.6 Å². The monoisotopic (exact) mass is 473 g/mol. The van der Waals surface area contributed by atoms with E-state index in [4.69, 9.17) is 0 Å². The Labute approximate surface area is 195 Å². The van der Waals surface area contributed by atoms with Gasteiger partial charge in [-0.15, -0.1) is 0 Å². The predicted octanol–water partition coefficient (Wildman–Crippen LogP) is 5.81. The van der Waals surface area contributed by atoms with E-state index in [1.165, 1.54) is 11.3 Å². The first-order valence-corrected chi connectivity index (χ1v) is 12.5. The Bertz CT molecular complexity index is 1590. The smallest absolute Gasteiger partial charge is 0.261 e. The van der Waals surface area contributed by atoms with Crippen molar-refractivity contribution in [2.24, 2.45) is 0 Å². The van der Waals surface area contributed by atoms with E-state index in [0.29, 0.717) is 16.4 Å². The molecule has 0 spiro atoms. The quantitative estimate of drug-likeness (QED) is 0.337. The Morgan fingerprint density at radius 1 is 0.879 bits per heavy atom. The molecule has 0 aliphatic heterocycles. The van der Waals surface area contributed by atoms with Crippen LogP contribution < -0.4 is 10.0 Å². The van der Waals surface area contributed by atoms with Gasteiger partial charge in [0.05, 0.1) is 15.1 Å². The lowest BCUT2D eigenvalue weighted by Crippen LogP contribution is -2.14. The number of carbonyl (C=O) groups is 1. The molecule has 4 aromatic carbocycles. The minimum Gasteiger partial charge on any atom is -0.298 e. The SMILES string of the molecule is Cc1ccc(S(=O)(=O)Nc2ccc(C(=O)Nc3nc4ccc5ccccc5c4s3)cc2)cc1. The summed E-state index contributed by atoms with van der Waals surface area (Å²) in [5.74, 6) is -0.314. The van der Waals surface area contributed by atoms with E-state index in [-0.39, 0.29) is 10.8 Å². The normalized spacial score (nSPS) is 11.5. The third-order valence-electron chi connectivity index (χ3n) is 5.23. The van der Waals surface area contributed by atoms with Gasteiger partial charge in [0.15, 0.2) is 5.13 Å². The van der Waals surface area contributed by atoms with Crippen LogP contribution in [-0.4, -0.2) is 19.3 Å². The molecular weight excluding hydrogens is 454 g/mol. The lowest BCUT2D eigenvalue weighted by Gasteiger charge is -2.09. The van der Waals surface area contributed by atoms with Crippen LogP contribution >= 0.6 is 11.3 Å². The summed E-state index contributed by atoms with van der Waals surface area (Å²) in [5.41, 5.74) is 2.58. The van der Waals surface area contributed by atoms with Crippen LogP contribution in [0.25, 0.3) is 21.0 Å². The van der Waals surface area contributed by atoms with Gasteiger partial charge in [0.2, 0.25) is 0 Å². The molecule has 8 heteroatoms. The molecule has 164 valence electrons. The van der Waals surface area contributed by atoms with Gasteiger partial charge in [-0.3, -0.25) is 14.8 Å². The largest absolute Gasteiger partial charge is 0.298 e. The number of amides is 1. The average Bonchev–Trinajstić information content (AvgIpc) is 3.22. The maximum Gasteiger partial charge on any atom is 0.261 e. The summed E-state index contributed by atoms with van der Waals surface area (Å²) in [5, 5.41) is 5.57. The number of thiazole rings is 1. The molecule has 0 atom stereocenters. The molecule has 33 heavy (non-hydrogen) atoms. The summed E-state index contributed by atoms with van der Waals surface area (Å²) in [7, 11) is -3.70. The number of anilines is 2. The number of nitrogens with one attached hydrogen (secondary N) is 2. The number of benzene rings is 4. The highest BCUT2D eigenvalue weighted by Gasteiger charge is 2.15. The molecule has 0 bridgehead atoms. The molecule has 0 unspecified atom stereocenters. The molecule has 6 nitrogen and oxygen atoms in total. The van der Waals surface area contributed by atoms with Crippen LogP contribution in [0.3, 0.4) is 0 Å². The van der Waals surface area contributed by atoms with Gasteiger partial charge >= 0.3 is 0 Å². The second-order valence-corrected chi connectivity index (χ2v) is 10.3. The summed E-state index contributed by atoms with van der Waals surface area (Å²) in [4.78, 5) is 17.4. The van der Waals surface area contributed by atoms with Crippen LogP contribution in [0.15, 0.2) is 89.8 Å². The van der Waals surface area contributed by atoms with Crippen molar-refractivity contribution in [3.05, 3.63) is 96.1 Å². The highest BCUT2D eigenvalue weighted by molar-refractivity contribution is 7.92. The van der Waals surface area contributed by atoms with Gasteiger partial charge in [-0.1, -0.05) is 59.4 Å². The third-order valence-corrected chi connectivity index (χ3v) is 7.65. The van der Waals surface area contributed by atoms with Gasteiger partial charge in [0.25, 0.3) is 15.9 Å². The van der Waals surface area contributed by atoms with E-state index in [9.17, 15) is 13.2 Å². The number of sulfonamides is 1. The van der Waals surface area contributed by atoms with E-state index < -0.39 is 10.0 Å².